The number of alkyl carbamates (subject to hydrolysis) is 1. The molecule has 20 heavy (non-hydrogen) atoms. The highest BCUT2D eigenvalue weighted by Crippen LogP contribution is 2.36. The summed E-state index contributed by atoms with van der Waals surface area (Å²) >= 11 is 5.81. The molecular formula is C13H9ClFN3O2. The summed E-state index contributed by atoms with van der Waals surface area (Å²) in [5.41, 5.74) is 1.05. The van der Waals surface area contributed by atoms with Gasteiger partial charge in [0.05, 0.1) is 5.69 Å². The number of aromatic nitrogens is 2. The van der Waals surface area contributed by atoms with Crippen LogP contribution in [-0.4, -0.2) is 16.1 Å². The molecule has 1 aromatic heterocycles. The zero-order valence-electron chi connectivity index (χ0n) is 10.1. The van der Waals surface area contributed by atoms with Crippen molar-refractivity contribution in [2.45, 2.75) is 12.1 Å². The Bertz CT molecular complexity index is 612. The Morgan fingerprint density at radius 1 is 1.30 bits per heavy atom. The van der Waals surface area contributed by atoms with Gasteiger partial charge in [-0.3, -0.25) is 0 Å². The molecule has 1 aliphatic heterocycles. The van der Waals surface area contributed by atoms with Crippen LogP contribution in [0.25, 0.3) is 0 Å². The number of benzene rings is 1. The molecule has 0 saturated carbocycles. The van der Waals surface area contributed by atoms with Crippen LogP contribution in [-0.2, 0) is 4.74 Å². The minimum absolute atomic E-state index is 0.258. The molecule has 0 spiro atoms. The fraction of sp³-hybridized carbons (Fsp3) is 0.154. The van der Waals surface area contributed by atoms with E-state index < -0.39 is 24.1 Å². The lowest BCUT2D eigenvalue weighted by molar-refractivity contribution is 0.131. The molecule has 1 amide bonds. The Morgan fingerprint density at radius 2 is 2.15 bits per heavy atom. The number of nitrogens with one attached hydrogen (secondary N) is 1. The van der Waals surface area contributed by atoms with Crippen LogP contribution in [0.1, 0.15) is 23.4 Å². The number of cyclic esters (lactones) is 1. The number of rotatable bonds is 2. The highest BCUT2D eigenvalue weighted by atomic mass is 35.5. The average Bonchev–Trinajstić information content (AvgIpc) is 2.81. The van der Waals surface area contributed by atoms with Crippen LogP contribution in [0.4, 0.5) is 9.18 Å². The monoisotopic (exact) mass is 293 g/mol. The standard InChI is InChI=1S/C13H9ClFN3O2/c14-10-5-9(16-6-17-10)11-12(20-13(19)18-11)7-2-1-3-8(15)4-7/h1-6,11-12H,(H,18,19)/t11-,12-/m1/s1. The number of hydrogen-bond acceptors (Lipinski definition) is 4. The van der Waals surface area contributed by atoms with Gasteiger partial charge in [-0.25, -0.2) is 19.2 Å². The van der Waals surface area contributed by atoms with E-state index in [-0.39, 0.29) is 5.15 Å². The van der Waals surface area contributed by atoms with Gasteiger partial charge in [0.1, 0.15) is 23.3 Å². The molecule has 3 rings (SSSR count). The lowest BCUT2D eigenvalue weighted by atomic mass is 10.0. The van der Waals surface area contributed by atoms with Crippen molar-refractivity contribution in [1.82, 2.24) is 15.3 Å². The molecule has 2 atom stereocenters. The first-order chi connectivity index (χ1) is 9.63. The maximum Gasteiger partial charge on any atom is 0.408 e. The Morgan fingerprint density at radius 3 is 2.90 bits per heavy atom. The van der Waals surface area contributed by atoms with Crippen LogP contribution in [0.15, 0.2) is 36.7 Å². The first kappa shape index (κ1) is 12.8. The molecule has 0 unspecified atom stereocenters. The summed E-state index contributed by atoms with van der Waals surface area (Å²) in [4.78, 5) is 19.3. The second-order valence-corrected chi connectivity index (χ2v) is 4.66. The third-order valence-electron chi connectivity index (χ3n) is 2.96. The zero-order valence-corrected chi connectivity index (χ0v) is 10.8. The summed E-state index contributed by atoms with van der Waals surface area (Å²) in [6.45, 7) is 0. The Balaban J connectivity index is 1.99. The van der Waals surface area contributed by atoms with Gasteiger partial charge in [-0.2, -0.15) is 0 Å². The van der Waals surface area contributed by atoms with Gasteiger partial charge in [0.25, 0.3) is 0 Å². The van der Waals surface area contributed by atoms with Crippen LogP contribution >= 0.6 is 11.6 Å². The maximum absolute atomic E-state index is 13.3. The molecular weight excluding hydrogens is 285 g/mol. The molecule has 1 aromatic carbocycles. The highest BCUT2D eigenvalue weighted by molar-refractivity contribution is 6.29. The van der Waals surface area contributed by atoms with Crippen molar-refractivity contribution in [2.75, 3.05) is 0 Å². The average molecular weight is 294 g/mol. The molecule has 2 aromatic rings. The van der Waals surface area contributed by atoms with Crippen LogP contribution in [0.5, 0.6) is 0 Å². The second kappa shape index (κ2) is 5.05. The van der Waals surface area contributed by atoms with E-state index in [0.29, 0.717) is 11.3 Å². The maximum atomic E-state index is 13.3. The summed E-state index contributed by atoms with van der Waals surface area (Å²) in [7, 11) is 0. The Kier molecular flexibility index (Phi) is 3.23. The molecule has 1 fully saturated rings. The largest absolute Gasteiger partial charge is 0.439 e. The molecule has 0 bridgehead atoms. The third kappa shape index (κ3) is 2.42. The third-order valence-corrected chi connectivity index (χ3v) is 3.17. The molecule has 2 heterocycles. The van der Waals surface area contributed by atoms with Crippen molar-refractivity contribution >= 4 is 17.7 Å². The van der Waals surface area contributed by atoms with E-state index in [9.17, 15) is 9.18 Å². The van der Waals surface area contributed by atoms with E-state index in [0.717, 1.165) is 0 Å². The lowest BCUT2D eigenvalue weighted by Gasteiger charge is -2.16. The van der Waals surface area contributed by atoms with E-state index in [1.165, 1.54) is 24.5 Å². The fourth-order valence-corrected chi connectivity index (χ4v) is 2.27. The van der Waals surface area contributed by atoms with Gasteiger partial charge in [-0.05, 0) is 23.8 Å². The van der Waals surface area contributed by atoms with Gasteiger partial charge >= 0.3 is 6.09 Å². The van der Waals surface area contributed by atoms with E-state index in [2.05, 4.69) is 15.3 Å². The predicted molar refractivity (Wildman–Crippen MR) is 68.5 cm³/mol. The summed E-state index contributed by atoms with van der Waals surface area (Å²) < 4.78 is 18.5. The van der Waals surface area contributed by atoms with Crippen molar-refractivity contribution in [3.63, 3.8) is 0 Å². The van der Waals surface area contributed by atoms with Gasteiger partial charge in [-0.15, -0.1) is 0 Å². The molecule has 1 aliphatic rings. The van der Waals surface area contributed by atoms with Crippen LogP contribution in [0.3, 0.4) is 0 Å². The second-order valence-electron chi connectivity index (χ2n) is 4.27. The first-order valence-electron chi connectivity index (χ1n) is 5.83. The zero-order chi connectivity index (χ0) is 14.1. The lowest BCUT2D eigenvalue weighted by Crippen LogP contribution is -2.20. The molecule has 7 heteroatoms. The smallest absolute Gasteiger partial charge is 0.408 e. The number of amides is 1. The topological polar surface area (TPSA) is 64.1 Å². The van der Waals surface area contributed by atoms with Gasteiger partial charge in [0.2, 0.25) is 0 Å². The van der Waals surface area contributed by atoms with Crippen LogP contribution in [0, 0.1) is 5.82 Å². The van der Waals surface area contributed by atoms with Crippen molar-refractivity contribution < 1.29 is 13.9 Å². The fourth-order valence-electron chi connectivity index (χ4n) is 2.11. The predicted octanol–water partition coefficient (Wildman–Crippen LogP) is 2.79. The minimum atomic E-state index is -0.663. The van der Waals surface area contributed by atoms with Crippen LogP contribution in [0.2, 0.25) is 5.15 Å². The van der Waals surface area contributed by atoms with Crippen molar-refractivity contribution in [3.05, 3.63) is 58.9 Å². The normalized spacial score (nSPS) is 21.4. The Hall–Kier alpha value is -2.21. The number of hydrogen-bond donors (Lipinski definition) is 1. The van der Waals surface area contributed by atoms with Crippen LogP contribution < -0.4 is 5.32 Å². The van der Waals surface area contributed by atoms with E-state index in [1.54, 1.807) is 12.1 Å². The molecule has 0 aliphatic carbocycles. The minimum Gasteiger partial charge on any atom is -0.439 e. The van der Waals surface area contributed by atoms with Gasteiger partial charge in [0, 0.05) is 0 Å². The molecule has 1 saturated heterocycles. The van der Waals surface area contributed by atoms with Gasteiger partial charge in [-0.1, -0.05) is 23.7 Å². The SMILES string of the molecule is O=C1N[C@H](c2cc(Cl)ncn2)[C@@H](c2cccc(F)c2)O1. The van der Waals surface area contributed by atoms with Gasteiger partial charge < -0.3 is 10.1 Å². The number of carbonyl (C=O) groups excluding carboxylic acids is 1. The van der Waals surface area contributed by atoms with E-state index in [1.807, 2.05) is 0 Å². The number of carbonyl (C=O) groups is 1. The van der Waals surface area contributed by atoms with Crippen molar-refractivity contribution in [2.24, 2.45) is 0 Å². The summed E-state index contributed by atoms with van der Waals surface area (Å²) in [6, 6.07) is 6.88. The summed E-state index contributed by atoms with van der Waals surface area (Å²) in [5.74, 6) is -0.398. The number of nitrogens with zero attached hydrogens (tertiary/aromatic N) is 2. The van der Waals surface area contributed by atoms with E-state index >= 15 is 0 Å². The molecule has 102 valence electrons. The number of halogens is 2. The summed E-state index contributed by atoms with van der Waals surface area (Å²) in [6.07, 6.45) is 0.0493. The number of ether oxygens (including phenoxy) is 1. The quantitative estimate of drug-likeness (QED) is 0.865. The van der Waals surface area contributed by atoms with Crippen molar-refractivity contribution in [1.29, 1.82) is 0 Å². The highest BCUT2D eigenvalue weighted by Gasteiger charge is 2.37. The molecule has 0 radical (unpaired) electrons. The van der Waals surface area contributed by atoms with E-state index in [4.69, 9.17) is 16.3 Å². The Labute approximate surface area is 118 Å². The van der Waals surface area contributed by atoms with Crippen molar-refractivity contribution in [3.8, 4) is 0 Å². The summed E-state index contributed by atoms with van der Waals surface area (Å²) in [5, 5.41) is 2.89. The molecule has 1 N–H and O–H groups in total. The first-order valence-corrected chi connectivity index (χ1v) is 6.21. The van der Waals surface area contributed by atoms with Gasteiger partial charge in [0.15, 0.2) is 6.10 Å². The molecule has 5 nitrogen and oxygen atoms in total.